The number of rotatable bonds is 7. The second kappa shape index (κ2) is 11.8. The molecule has 3 amide bonds. The first-order chi connectivity index (χ1) is 21.0. The van der Waals surface area contributed by atoms with Crippen molar-refractivity contribution in [3.05, 3.63) is 65.7 Å². The molecule has 0 aromatic heterocycles. The minimum atomic E-state index is -1.31. The first kappa shape index (κ1) is 30.0. The summed E-state index contributed by atoms with van der Waals surface area (Å²) < 4.78 is 0. The first-order valence-corrected chi connectivity index (χ1v) is 15.8. The quantitative estimate of drug-likeness (QED) is 0.500. The summed E-state index contributed by atoms with van der Waals surface area (Å²) in [6, 6.07) is 14.2. The molecule has 1 N–H and O–H groups in total. The molecule has 2 aromatic carbocycles. The van der Waals surface area contributed by atoms with Crippen LogP contribution in [0.1, 0.15) is 74.2 Å². The van der Waals surface area contributed by atoms with Crippen molar-refractivity contribution >= 4 is 35.2 Å². The van der Waals surface area contributed by atoms with E-state index in [4.69, 9.17) is 0 Å². The van der Waals surface area contributed by atoms with Crippen LogP contribution in [0, 0.1) is 23.2 Å². The maximum absolute atomic E-state index is 15.1. The Kier molecular flexibility index (Phi) is 8.07. The lowest BCUT2D eigenvalue weighted by Gasteiger charge is -2.58. The van der Waals surface area contributed by atoms with Gasteiger partial charge in [-0.1, -0.05) is 42.5 Å². The predicted molar refractivity (Wildman–Crippen MR) is 164 cm³/mol. The Labute approximate surface area is 258 Å². The molecule has 1 heterocycles. The normalized spacial score (nSPS) is 29.5. The van der Waals surface area contributed by atoms with Gasteiger partial charge in [0.2, 0.25) is 17.7 Å². The third-order valence-electron chi connectivity index (χ3n) is 10.5. The summed E-state index contributed by atoms with van der Waals surface area (Å²) in [6.07, 6.45) is 6.74. The highest BCUT2D eigenvalue weighted by atomic mass is 16.4. The molecular weight excluding hydrogens is 558 g/mol. The summed E-state index contributed by atoms with van der Waals surface area (Å²) in [5, 5.41) is 9.44. The Morgan fingerprint density at radius 3 is 2.09 bits per heavy atom. The minimum absolute atomic E-state index is 0.126. The fourth-order valence-corrected chi connectivity index (χ4v) is 9.21. The van der Waals surface area contributed by atoms with Gasteiger partial charge in [-0.3, -0.25) is 24.0 Å². The Balaban J connectivity index is 1.49. The van der Waals surface area contributed by atoms with Crippen LogP contribution >= 0.6 is 0 Å². The highest BCUT2D eigenvalue weighted by Crippen LogP contribution is 2.62. The summed E-state index contributed by atoms with van der Waals surface area (Å²) in [5.74, 6) is -1.20. The van der Waals surface area contributed by atoms with E-state index in [0.717, 1.165) is 29.7 Å². The maximum atomic E-state index is 15.1. The largest absolute Gasteiger partial charge is 0.480 e. The third kappa shape index (κ3) is 5.76. The molecule has 232 valence electrons. The number of likely N-dealkylation sites (N-methyl/N-ethyl adjacent to an activating group) is 1. The lowest BCUT2D eigenvalue weighted by atomic mass is 9.48. The number of hydrogen-bond acceptors (Lipinski definition) is 5. The van der Waals surface area contributed by atoms with Gasteiger partial charge in [0.15, 0.2) is 5.78 Å². The van der Waals surface area contributed by atoms with Crippen LogP contribution in [0.15, 0.2) is 54.6 Å². The molecule has 9 nitrogen and oxygen atoms in total. The van der Waals surface area contributed by atoms with E-state index in [0.29, 0.717) is 35.4 Å². The molecule has 4 aliphatic carbocycles. The SMILES string of the molecule is CC(=O)N1[C@H](CC23CC4CC(CC(C4)C2)C3)C(=O)N(Cc2ccccc2)c2ccccc2C(=O)C[C@H]1C(=O)N(C)CC(=O)O. The van der Waals surface area contributed by atoms with Gasteiger partial charge in [0, 0.05) is 26.0 Å². The number of carbonyl (C=O) groups is 5. The Hall–Kier alpha value is -4.01. The number of fused-ring (bicyclic) bond motifs is 1. The molecule has 4 bridgehead atoms. The molecule has 0 saturated heterocycles. The van der Waals surface area contributed by atoms with Gasteiger partial charge in [0.05, 0.1) is 12.2 Å². The van der Waals surface area contributed by atoms with E-state index in [1.807, 2.05) is 30.3 Å². The molecule has 2 atom stereocenters. The number of amides is 3. The zero-order valence-corrected chi connectivity index (χ0v) is 25.5. The number of hydrogen-bond donors (Lipinski definition) is 1. The van der Waals surface area contributed by atoms with Gasteiger partial charge in [-0.25, -0.2) is 0 Å². The van der Waals surface area contributed by atoms with Crippen LogP contribution in [0.4, 0.5) is 5.69 Å². The molecule has 7 rings (SSSR count). The number of carboxylic acids is 1. The smallest absolute Gasteiger partial charge is 0.323 e. The average Bonchev–Trinajstić information content (AvgIpc) is 3.00. The van der Waals surface area contributed by atoms with Gasteiger partial charge in [0.25, 0.3) is 0 Å². The van der Waals surface area contributed by atoms with E-state index in [-0.39, 0.29) is 30.1 Å². The van der Waals surface area contributed by atoms with Crippen molar-refractivity contribution in [2.75, 3.05) is 18.5 Å². The van der Waals surface area contributed by atoms with Gasteiger partial charge in [-0.15, -0.1) is 0 Å². The molecule has 0 spiro atoms. The van der Waals surface area contributed by atoms with E-state index < -0.39 is 36.4 Å². The minimum Gasteiger partial charge on any atom is -0.480 e. The van der Waals surface area contributed by atoms with Crippen LogP contribution in [0.2, 0.25) is 0 Å². The Morgan fingerprint density at radius 2 is 1.50 bits per heavy atom. The van der Waals surface area contributed by atoms with Gasteiger partial charge >= 0.3 is 5.97 Å². The van der Waals surface area contributed by atoms with Crippen molar-refractivity contribution in [2.45, 2.75) is 76.9 Å². The summed E-state index contributed by atoms with van der Waals surface area (Å²) >= 11 is 0. The third-order valence-corrected chi connectivity index (χ3v) is 10.5. The van der Waals surface area contributed by atoms with Gasteiger partial charge in [-0.05, 0) is 85.8 Å². The molecule has 5 aliphatic rings. The van der Waals surface area contributed by atoms with Crippen LogP contribution in [-0.4, -0.2) is 70.1 Å². The maximum Gasteiger partial charge on any atom is 0.323 e. The van der Waals surface area contributed by atoms with Crippen molar-refractivity contribution in [3.8, 4) is 0 Å². The molecule has 1 aliphatic heterocycles. The number of para-hydroxylation sites is 1. The number of aliphatic carboxylic acids is 1. The zero-order valence-electron chi connectivity index (χ0n) is 25.5. The van der Waals surface area contributed by atoms with Crippen LogP contribution in [0.3, 0.4) is 0 Å². The van der Waals surface area contributed by atoms with Crippen molar-refractivity contribution in [3.63, 3.8) is 0 Å². The van der Waals surface area contributed by atoms with Crippen LogP contribution in [-0.2, 0) is 25.7 Å². The fraction of sp³-hybridized carbons (Fsp3) is 0.514. The van der Waals surface area contributed by atoms with Gasteiger partial charge in [-0.2, -0.15) is 0 Å². The lowest BCUT2D eigenvalue weighted by molar-refractivity contribution is -0.154. The first-order valence-electron chi connectivity index (χ1n) is 15.8. The van der Waals surface area contributed by atoms with Crippen molar-refractivity contribution < 1.29 is 29.1 Å². The number of carbonyl (C=O) groups excluding carboxylic acids is 4. The summed E-state index contributed by atoms with van der Waals surface area (Å²) in [4.78, 5) is 72.3. The van der Waals surface area contributed by atoms with Crippen LogP contribution in [0.5, 0.6) is 0 Å². The number of nitrogens with zero attached hydrogens (tertiary/aromatic N) is 3. The van der Waals surface area contributed by atoms with E-state index in [1.165, 1.54) is 38.1 Å². The number of carboxylic acid groups (broad SMARTS) is 1. The number of Topliss-reactive ketones (excluding diaryl/α,β-unsaturated/α-hetero) is 1. The second-order valence-electron chi connectivity index (χ2n) is 13.7. The van der Waals surface area contributed by atoms with Gasteiger partial charge in [0.1, 0.15) is 18.6 Å². The van der Waals surface area contributed by atoms with Crippen molar-refractivity contribution in [2.24, 2.45) is 23.2 Å². The predicted octanol–water partition coefficient (Wildman–Crippen LogP) is 4.54. The summed E-state index contributed by atoms with van der Waals surface area (Å²) in [5.41, 5.74) is 1.50. The second-order valence-corrected chi connectivity index (χ2v) is 13.7. The fourth-order valence-electron chi connectivity index (χ4n) is 9.21. The number of benzene rings is 2. The van der Waals surface area contributed by atoms with Crippen molar-refractivity contribution in [1.29, 1.82) is 0 Å². The lowest BCUT2D eigenvalue weighted by Crippen LogP contribution is -2.60. The molecule has 2 aromatic rings. The van der Waals surface area contributed by atoms with E-state index in [9.17, 15) is 24.3 Å². The Bertz CT molecular complexity index is 1440. The molecule has 4 saturated carbocycles. The topological polar surface area (TPSA) is 115 Å². The van der Waals surface area contributed by atoms with E-state index in [1.54, 1.807) is 29.2 Å². The van der Waals surface area contributed by atoms with Crippen LogP contribution in [0.25, 0.3) is 0 Å². The highest BCUT2D eigenvalue weighted by Gasteiger charge is 2.54. The highest BCUT2D eigenvalue weighted by molar-refractivity contribution is 6.10. The molecule has 4 fully saturated rings. The van der Waals surface area contributed by atoms with Crippen LogP contribution < -0.4 is 4.90 Å². The van der Waals surface area contributed by atoms with Crippen molar-refractivity contribution in [1.82, 2.24) is 9.80 Å². The molecule has 9 heteroatoms. The zero-order chi connectivity index (χ0) is 31.2. The van der Waals surface area contributed by atoms with Gasteiger partial charge < -0.3 is 19.8 Å². The number of ketones is 1. The van der Waals surface area contributed by atoms with E-state index >= 15 is 4.79 Å². The molecular formula is C35H41N3O6. The number of anilines is 1. The molecule has 0 unspecified atom stereocenters. The molecule has 44 heavy (non-hydrogen) atoms. The molecule has 0 radical (unpaired) electrons. The van der Waals surface area contributed by atoms with E-state index in [2.05, 4.69) is 0 Å². The summed E-state index contributed by atoms with van der Waals surface area (Å²) in [6.45, 7) is 0.957. The standard InChI is InChI=1S/C35H41N3O6/c1-22(39)38-29(33(43)36(2)21-32(41)42)15-31(40)27-10-6-7-11-28(27)37(20-23-8-4-3-5-9-23)34(44)30(38)19-35-16-24-12-25(17-35)14-26(13-24)18-35/h3-11,24-26,29-30H,12-21H2,1-2H3,(H,41,42)/t24?,25?,26?,29-,30+,35?/m0/s1. The Morgan fingerprint density at radius 1 is 0.909 bits per heavy atom. The summed E-state index contributed by atoms with van der Waals surface area (Å²) in [7, 11) is 1.36. The average molecular weight is 600 g/mol. The monoisotopic (exact) mass is 599 g/mol.